The highest BCUT2D eigenvalue weighted by molar-refractivity contribution is 7.71. The number of thiophene rings is 1. The number of fused-ring (bicyclic) bond motifs is 1. The van der Waals surface area contributed by atoms with Crippen LogP contribution >= 0.6 is 23.6 Å². The fourth-order valence-corrected chi connectivity index (χ4v) is 3.53. The highest BCUT2D eigenvalue weighted by atomic mass is 32.1. The Balaban J connectivity index is 2.10. The normalized spacial score (nSPS) is 11.4. The van der Waals surface area contributed by atoms with Crippen molar-refractivity contribution in [3.05, 3.63) is 44.9 Å². The molecule has 0 aliphatic carbocycles. The first-order valence-electron chi connectivity index (χ1n) is 6.97. The molecule has 0 fully saturated rings. The van der Waals surface area contributed by atoms with Crippen molar-refractivity contribution < 1.29 is 4.74 Å². The molecule has 3 aromatic rings. The van der Waals surface area contributed by atoms with E-state index in [4.69, 9.17) is 17.0 Å². The Morgan fingerprint density at radius 2 is 2.14 bits per heavy atom. The maximum Gasteiger partial charge on any atom is 0.178 e. The number of imidazole rings is 1. The summed E-state index contributed by atoms with van der Waals surface area (Å²) in [4.78, 5) is 4.63. The molecule has 0 radical (unpaired) electrons. The first-order chi connectivity index (χ1) is 10.1. The number of nitrogens with zero attached hydrogens (tertiary/aromatic N) is 1. The third-order valence-electron chi connectivity index (χ3n) is 3.40. The Morgan fingerprint density at radius 3 is 2.81 bits per heavy atom. The molecule has 0 saturated carbocycles. The predicted molar refractivity (Wildman–Crippen MR) is 91.0 cm³/mol. The van der Waals surface area contributed by atoms with E-state index in [-0.39, 0.29) is 6.10 Å². The van der Waals surface area contributed by atoms with Gasteiger partial charge in [0.05, 0.1) is 18.2 Å². The predicted octanol–water partition coefficient (Wildman–Crippen LogP) is 4.90. The topological polar surface area (TPSA) is 29.9 Å². The molecule has 0 aliphatic rings. The zero-order chi connectivity index (χ0) is 15.0. The first kappa shape index (κ1) is 14.4. The number of H-pyrrole nitrogens is 1. The summed E-state index contributed by atoms with van der Waals surface area (Å²) >= 11 is 7.27. The quantitative estimate of drug-likeness (QED) is 0.693. The van der Waals surface area contributed by atoms with Gasteiger partial charge in [-0.1, -0.05) is 6.07 Å². The number of hydrogen-bond donors (Lipinski definition) is 1. The summed E-state index contributed by atoms with van der Waals surface area (Å²) < 4.78 is 8.74. The van der Waals surface area contributed by atoms with Gasteiger partial charge in [0.15, 0.2) is 4.77 Å². The number of rotatable bonds is 4. The molecule has 110 valence electrons. The van der Waals surface area contributed by atoms with Crippen LogP contribution in [0.3, 0.4) is 0 Å². The van der Waals surface area contributed by atoms with E-state index in [1.54, 1.807) is 11.3 Å². The van der Waals surface area contributed by atoms with Crippen molar-refractivity contribution in [2.24, 2.45) is 0 Å². The molecule has 2 heterocycles. The van der Waals surface area contributed by atoms with Gasteiger partial charge in [-0.3, -0.25) is 0 Å². The lowest BCUT2D eigenvalue weighted by Crippen LogP contribution is -2.06. The second-order valence-corrected chi connectivity index (χ2v) is 6.75. The Morgan fingerprint density at radius 1 is 1.33 bits per heavy atom. The second kappa shape index (κ2) is 5.66. The maximum atomic E-state index is 5.87. The van der Waals surface area contributed by atoms with Crippen molar-refractivity contribution in [3.63, 3.8) is 0 Å². The van der Waals surface area contributed by atoms with Crippen molar-refractivity contribution >= 4 is 34.6 Å². The van der Waals surface area contributed by atoms with Gasteiger partial charge in [-0.15, -0.1) is 11.3 Å². The fourth-order valence-electron chi connectivity index (χ4n) is 2.37. The third kappa shape index (κ3) is 2.76. The second-order valence-electron chi connectivity index (χ2n) is 5.36. The third-order valence-corrected chi connectivity index (χ3v) is 4.73. The van der Waals surface area contributed by atoms with Crippen molar-refractivity contribution in [3.8, 4) is 5.75 Å². The molecule has 0 bridgehead atoms. The Hall–Kier alpha value is -1.59. The monoisotopic (exact) mass is 318 g/mol. The van der Waals surface area contributed by atoms with Crippen LogP contribution in [0.25, 0.3) is 11.0 Å². The van der Waals surface area contributed by atoms with Crippen LogP contribution in [0, 0.1) is 11.7 Å². The van der Waals surface area contributed by atoms with Crippen molar-refractivity contribution in [2.45, 2.75) is 33.4 Å². The molecule has 0 unspecified atom stereocenters. The van der Waals surface area contributed by atoms with Gasteiger partial charge in [-0.2, -0.15) is 0 Å². The van der Waals surface area contributed by atoms with Gasteiger partial charge in [0.25, 0.3) is 0 Å². The number of nitrogens with one attached hydrogen (secondary N) is 1. The molecule has 1 N–H and O–H groups in total. The van der Waals surface area contributed by atoms with Crippen LogP contribution in [0.5, 0.6) is 5.75 Å². The molecule has 0 saturated heterocycles. The zero-order valence-electron chi connectivity index (χ0n) is 12.3. The van der Waals surface area contributed by atoms with Crippen molar-refractivity contribution in [2.75, 3.05) is 0 Å². The van der Waals surface area contributed by atoms with E-state index in [2.05, 4.69) is 34.0 Å². The van der Waals surface area contributed by atoms with E-state index < -0.39 is 0 Å². The first-order valence-corrected chi connectivity index (χ1v) is 8.26. The molecule has 3 nitrogen and oxygen atoms in total. The van der Waals surface area contributed by atoms with Crippen LogP contribution in [0.15, 0.2) is 29.6 Å². The van der Waals surface area contributed by atoms with Crippen LogP contribution in [0.1, 0.15) is 24.3 Å². The zero-order valence-corrected chi connectivity index (χ0v) is 14.0. The number of hydrogen-bond acceptors (Lipinski definition) is 3. The highest BCUT2D eigenvalue weighted by Crippen LogP contribution is 2.27. The molecule has 0 aliphatic heterocycles. The summed E-state index contributed by atoms with van der Waals surface area (Å²) in [5, 5.41) is 2.12. The van der Waals surface area contributed by atoms with Gasteiger partial charge in [0.2, 0.25) is 0 Å². The van der Waals surface area contributed by atoms with E-state index in [0.717, 1.165) is 28.1 Å². The standard InChI is InChI=1S/C16H18N2OS2/c1-10(2)19-13-6-4-5-12-15(13)17-16(20)18(12)9-14-11(3)7-8-21-14/h4-8,10H,9H2,1-3H3,(H,17,20). The van der Waals surface area contributed by atoms with Crippen LogP contribution in [-0.2, 0) is 6.54 Å². The number of aryl methyl sites for hydroxylation is 1. The van der Waals surface area contributed by atoms with Gasteiger partial charge in [-0.05, 0) is 62.1 Å². The minimum atomic E-state index is 0.139. The molecule has 2 aromatic heterocycles. The van der Waals surface area contributed by atoms with E-state index in [0.29, 0.717) is 0 Å². The fraction of sp³-hybridized carbons (Fsp3) is 0.312. The summed E-state index contributed by atoms with van der Waals surface area (Å²) in [5.74, 6) is 0.857. The van der Waals surface area contributed by atoms with Crippen LogP contribution in [0.4, 0.5) is 0 Å². The summed E-state index contributed by atoms with van der Waals surface area (Å²) in [5.41, 5.74) is 3.38. The molecular weight excluding hydrogens is 300 g/mol. The lowest BCUT2D eigenvalue weighted by Gasteiger charge is -2.10. The summed E-state index contributed by atoms with van der Waals surface area (Å²) in [6, 6.07) is 8.22. The number of ether oxygens (including phenoxy) is 1. The number of benzene rings is 1. The van der Waals surface area contributed by atoms with Gasteiger partial charge >= 0.3 is 0 Å². The maximum absolute atomic E-state index is 5.87. The Kier molecular flexibility index (Phi) is 3.87. The van der Waals surface area contributed by atoms with E-state index in [1.807, 2.05) is 26.0 Å². The molecule has 3 rings (SSSR count). The molecule has 21 heavy (non-hydrogen) atoms. The minimum Gasteiger partial charge on any atom is -0.489 e. The Labute approximate surface area is 133 Å². The summed E-state index contributed by atoms with van der Waals surface area (Å²) in [7, 11) is 0. The number of para-hydroxylation sites is 1. The van der Waals surface area contributed by atoms with Crippen molar-refractivity contribution in [1.29, 1.82) is 0 Å². The van der Waals surface area contributed by atoms with Crippen LogP contribution in [-0.4, -0.2) is 15.7 Å². The Bertz CT molecular complexity index is 826. The van der Waals surface area contributed by atoms with E-state index in [9.17, 15) is 0 Å². The van der Waals surface area contributed by atoms with Gasteiger partial charge in [0.1, 0.15) is 11.3 Å². The lowest BCUT2D eigenvalue weighted by atomic mass is 10.2. The average Bonchev–Trinajstić information content (AvgIpc) is 2.96. The number of aromatic amines is 1. The smallest absolute Gasteiger partial charge is 0.178 e. The van der Waals surface area contributed by atoms with Gasteiger partial charge in [-0.25, -0.2) is 0 Å². The van der Waals surface area contributed by atoms with Gasteiger partial charge < -0.3 is 14.3 Å². The van der Waals surface area contributed by atoms with E-state index >= 15 is 0 Å². The molecule has 0 spiro atoms. The molecule has 0 atom stereocenters. The highest BCUT2D eigenvalue weighted by Gasteiger charge is 2.11. The van der Waals surface area contributed by atoms with Gasteiger partial charge in [0, 0.05) is 4.88 Å². The van der Waals surface area contributed by atoms with E-state index in [1.165, 1.54) is 10.4 Å². The SMILES string of the molecule is Cc1ccsc1Cn1c(=S)[nH]c2c(OC(C)C)cccc21. The minimum absolute atomic E-state index is 0.139. The largest absolute Gasteiger partial charge is 0.489 e. The van der Waals surface area contributed by atoms with Crippen LogP contribution in [0.2, 0.25) is 0 Å². The van der Waals surface area contributed by atoms with Crippen LogP contribution < -0.4 is 4.74 Å². The number of aromatic nitrogens is 2. The summed E-state index contributed by atoms with van der Waals surface area (Å²) in [6.45, 7) is 6.99. The summed E-state index contributed by atoms with van der Waals surface area (Å²) in [6.07, 6.45) is 0.139. The lowest BCUT2D eigenvalue weighted by molar-refractivity contribution is 0.245. The molecular formula is C16H18N2OS2. The molecule has 0 amide bonds. The van der Waals surface area contributed by atoms with Crippen molar-refractivity contribution in [1.82, 2.24) is 9.55 Å². The molecule has 5 heteroatoms. The molecule has 1 aromatic carbocycles. The average molecular weight is 318 g/mol.